The Bertz CT molecular complexity index is 757. The maximum atomic E-state index is 12.9. The summed E-state index contributed by atoms with van der Waals surface area (Å²) < 4.78 is 25.8. The second kappa shape index (κ2) is 5.07. The van der Waals surface area contributed by atoms with Crippen molar-refractivity contribution in [3.8, 4) is 11.5 Å². The Hall–Kier alpha value is -2.01. The van der Waals surface area contributed by atoms with Crippen molar-refractivity contribution >= 4 is 9.84 Å². The largest absolute Gasteiger partial charge is 0.507 e. The minimum Gasteiger partial charge on any atom is -0.507 e. The van der Waals surface area contributed by atoms with Crippen LogP contribution in [0.3, 0.4) is 0 Å². The molecule has 0 bridgehead atoms. The summed E-state index contributed by atoms with van der Waals surface area (Å²) in [7, 11) is -4.01. The molecule has 0 amide bonds. The molecule has 112 valence electrons. The van der Waals surface area contributed by atoms with E-state index in [1.165, 1.54) is 6.07 Å². The lowest BCUT2D eigenvalue weighted by Crippen LogP contribution is -2.08. The first-order chi connectivity index (χ1) is 9.67. The van der Waals surface area contributed by atoms with Crippen molar-refractivity contribution in [1.29, 1.82) is 0 Å². The monoisotopic (exact) mass is 306 g/mol. The van der Waals surface area contributed by atoms with Crippen molar-refractivity contribution < 1.29 is 18.6 Å². The summed E-state index contributed by atoms with van der Waals surface area (Å²) in [5, 5.41) is 20.2. The van der Waals surface area contributed by atoms with Crippen molar-refractivity contribution in [2.45, 2.75) is 37.5 Å². The molecule has 0 aliphatic carbocycles. The van der Waals surface area contributed by atoms with E-state index in [0.29, 0.717) is 16.7 Å². The fourth-order valence-electron chi connectivity index (χ4n) is 2.33. The lowest BCUT2D eigenvalue weighted by molar-refractivity contribution is 0.449. The molecule has 0 radical (unpaired) electrons. The third kappa shape index (κ3) is 2.38. The molecule has 0 heterocycles. The minimum absolute atomic E-state index is 0.147. The summed E-state index contributed by atoms with van der Waals surface area (Å²) in [5.74, 6) is -0.575. The summed E-state index contributed by atoms with van der Waals surface area (Å²) >= 11 is 0. The molecule has 0 saturated heterocycles. The molecule has 21 heavy (non-hydrogen) atoms. The molecule has 0 atom stereocenters. The smallest absolute Gasteiger partial charge is 0.214 e. The number of aromatic hydroxyl groups is 2. The second-order valence-electron chi connectivity index (χ2n) is 5.24. The highest BCUT2D eigenvalue weighted by molar-refractivity contribution is 7.91. The molecule has 2 aromatic rings. The number of phenolic OH excluding ortho intramolecular Hbond substituents is 2. The van der Waals surface area contributed by atoms with Crippen LogP contribution >= 0.6 is 0 Å². The molecular weight excluding hydrogens is 288 g/mol. The third-order valence-electron chi connectivity index (χ3n) is 3.72. The molecular formula is C16H18O4S. The Morgan fingerprint density at radius 3 is 1.90 bits per heavy atom. The second-order valence-corrected chi connectivity index (χ2v) is 7.06. The van der Waals surface area contributed by atoms with Gasteiger partial charge in [-0.1, -0.05) is 18.2 Å². The standard InChI is InChI=1S/C16H18O4S/c1-9-7-8-13(17)16(12(9)4)21(19,20)15-11(3)6-5-10(2)14(15)18/h5-8,17-18H,1-4H3. The van der Waals surface area contributed by atoms with Crippen molar-refractivity contribution in [3.05, 3.63) is 46.5 Å². The van der Waals surface area contributed by atoms with Crippen LogP contribution in [0.4, 0.5) is 0 Å². The summed E-state index contributed by atoms with van der Waals surface area (Å²) in [6.07, 6.45) is 0. The topological polar surface area (TPSA) is 74.6 Å². The fourth-order valence-corrected chi connectivity index (χ4v) is 4.35. The average Bonchev–Trinajstić information content (AvgIpc) is 2.39. The van der Waals surface area contributed by atoms with Crippen molar-refractivity contribution in [1.82, 2.24) is 0 Å². The summed E-state index contributed by atoms with van der Waals surface area (Å²) in [5.41, 5.74) is 2.16. The van der Waals surface area contributed by atoms with Crippen LogP contribution in [0.15, 0.2) is 34.1 Å². The van der Waals surface area contributed by atoms with Gasteiger partial charge in [-0.15, -0.1) is 0 Å². The molecule has 0 spiro atoms. The van der Waals surface area contributed by atoms with Crippen molar-refractivity contribution in [2.24, 2.45) is 0 Å². The highest BCUT2D eigenvalue weighted by Crippen LogP contribution is 2.39. The quantitative estimate of drug-likeness (QED) is 0.893. The zero-order valence-electron chi connectivity index (χ0n) is 12.4. The van der Waals surface area contributed by atoms with Gasteiger partial charge in [-0.25, -0.2) is 8.42 Å². The highest BCUT2D eigenvalue weighted by Gasteiger charge is 2.29. The lowest BCUT2D eigenvalue weighted by atomic mass is 10.1. The molecule has 0 aromatic heterocycles. The van der Waals surface area contributed by atoms with Crippen LogP contribution in [-0.2, 0) is 9.84 Å². The van der Waals surface area contributed by atoms with E-state index in [4.69, 9.17) is 0 Å². The van der Waals surface area contributed by atoms with Gasteiger partial charge in [-0.3, -0.25) is 0 Å². The molecule has 0 aliphatic rings. The van der Waals surface area contributed by atoms with E-state index in [-0.39, 0.29) is 21.3 Å². The number of aryl methyl sites for hydroxylation is 3. The van der Waals surface area contributed by atoms with Crippen LogP contribution in [0.2, 0.25) is 0 Å². The van der Waals surface area contributed by atoms with Gasteiger partial charge in [0.05, 0.1) is 0 Å². The first-order valence-electron chi connectivity index (χ1n) is 6.51. The Balaban J connectivity index is 2.88. The van der Waals surface area contributed by atoms with Gasteiger partial charge in [0, 0.05) is 0 Å². The van der Waals surface area contributed by atoms with E-state index in [2.05, 4.69) is 0 Å². The van der Waals surface area contributed by atoms with Gasteiger partial charge in [-0.05, 0) is 56.0 Å². The number of hydrogen-bond acceptors (Lipinski definition) is 4. The fraction of sp³-hybridized carbons (Fsp3) is 0.250. The lowest BCUT2D eigenvalue weighted by Gasteiger charge is -2.15. The maximum absolute atomic E-state index is 12.9. The molecule has 5 heteroatoms. The van der Waals surface area contributed by atoms with Crippen LogP contribution in [0.1, 0.15) is 22.3 Å². The number of hydrogen-bond donors (Lipinski definition) is 2. The number of sulfone groups is 1. The zero-order valence-corrected chi connectivity index (χ0v) is 13.2. The van der Waals surface area contributed by atoms with Gasteiger partial charge < -0.3 is 10.2 Å². The van der Waals surface area contributed by atoms with E-state index < -0.39 is 9.84 Å². The van der Waals surface area contributed by atoms with Crippen LogP contribution in [-0.4, -0.2) is 18.6 Å². The normalized spacial score (nSPS) is 11.6. The van der Waals surface area contributed by atoms with E-state index in [0.717, 1.165) is 5.56 Å². The third-order valence-corrected chi connectivity index (χ3v) is 5.83. The van der Waals surface area contributed by atoms with E-state index in [1.807, 2.05) is 0 Å². The Labute approximate surface area is 124 Å². The highest BCUT2D eigenvalue weighted by atomic mass is 32.2. The first kappa shape index (κ1) is 15.4. The van der Waals surface area contributed by atoms with E-state index in [1.54, 1.807) is 45.9 Å². The molecule has 0 unspecified atom stereocenters. The Kier molecular flexibility index (Phi) is 3.72. The number of benzene rings is 2. The van der Waals surface area contributed by atoms with Gasteiger partial charge in [-0.2, -0.15) is 0 Å². The average molecular weight is 306 g/mol. The van der Waals surface area contributed by atoms with Crippen molar-refractivity contribution in [2.75, 3.05) is 0 Å². The Morgan fingerprint density at radius 2 is 1.29 bits per heavy atom. The SMILES string of the molecule is Cc1ccc(O)c(S(=O)(=O)c2c(C)ccc(C)c2O)c1C. The molecule has 0 aliphatic heterocycles. The van der Waals surface area contributed by atoms with E-state index in [9.17, 15) is 18.6 Å². The van der Waals surface area contributed by atoms with Crippen LogP contribution in [0, 0.1) is 27.7 Å². The maximum Gasteiger partial charge on any atom is 0.214 e. The van der Waals surface area contributed by atoms with Crippen LogP contribution in [0.25, 0.3) is 0 Å². The van der Waals surface area contributed by atoms with Crippen molar-refractivity contribution in [3.63, 3.8) is 0 Å². The predicted molar refractivity (Wildman–Crippen MR) is 80.6 cm³/mol. The van der Waals surface area contributed by atoms with Crippen LogP contribution in [0.5, 0.6) is 11.5 Å². The molecule has 4 nitrogen and oxygen atoms in total. The summed E-state index contributed by atoms with van der Waals surface area (Å²) in [6.45, 7) is 6.67. The van der Waals surface area contributed by atoms with Gasteiger partial charge >= 0.3 is 0 Å². The number of phenols is 2. The predicted octanol–water partition coefficient (Wildman–Crippen LogP) is 3.16. The van der Waals surface area contributed by atoms with Crippen LogP contribution < -0.4 is 0 Å². The van der Waals surface area contributed by atoms with Gasteiger partial charge in [0.1, 0.15) is 21.3 Å². The number of rotatable bonds is 2. The van der Waals surface area contributed by atoms with E-state index >= 15 is 0 Å². The molecule has 2 aromatic carbocycles. The minimum atomic E-state index is -4.01. The summed E-state index contributed by atoms with van der Waals surface area (Å²) in [4.78, 5) is -0.294. The van der Waals surface area contributed by atoms with Gasteiger partial charge in [0.2, 0.25) is 9.84 Å². The zero-order chi connectivity index (χ0) is 15.9. The first-order valence-corrected chi connectivity index (χ1v) is 7.99. The Morgan fingerprint density at radius 1 is 0.762 bits per heavy atom. The van der Waals surface area contributed by atoms with Gasteiger partial charge in [0.25, 0.3) is 0 Å². The summed E-state index contributed by atoms with van der Waals surface area (Å²) in [6, 6.07) is 6.32. The molecule has 0 saturated carbocycles. The molecule has 2 N–H and O–H groups in total. The molecule has 0 fully saturated rings. The van der Waals surface area contributed by atoms with Gasteiger partial charge in [0.15, 0.2) is 0 Å². The molecule has 2 rings (SSSR count).